The molecule has 2 fully saturated rings. The smallest absolute Gasteiger partial charge is 0.259 e. The van der Waals surface area contributed by atoms with Crippen LogP contribution < -0.4 is 10.6 Å². The molecule has 36 heavy (non-hydrogen) atoms. The van der Waals surface area contributed by atoms with Gasteiger partial charge in [-0.3, -0.25) is 29.1 Å². The molecule has 4 aromatic rings. The molecule has 2 amide bonds. The molecule has 5 heterocycles. The Balaban J connectivity index is 1.16. The molecule has 2 atom stereocenters. The molecular weight excluding hydrogens is 458 g/mol. The predicted molar refractivity (Wildman–Crippen MR) is 133 cm³/mol. The van der Waals surface area contributed by atoms with Crippen LogP contribution in [0.3, 0.4) is 0 Å². The number of nitrogens with zero attached hydrogens (tertiary/aromatic N) is 7. The maximum atomic E-state index is 13.1. The Morgan fingerprint density at radius 1 is 1.11 bits per heavy atom. The number of carbonyl (C=O) groups excluding carboxylic acids is 2. The Kier molecular flexibility index (Phi) is 5.48. The van der Waals surface area contributed by atoms with Gasteiger partial charge in [0.2, 0.25) is 5.91 Å². The Hall–Kier alpha value is -4.12. The van der Waals surface area contributed by atoms with E-state index in [9.17, 15) is 9.59 Å². The van der Waals surface area contributed by atoms with Crippen LogP contribution in [0.15, 0.2) is 43.1 Å². The van der Waals surface area contributed by atoms with E-state index in [0.29, 0.717) is 46.4 Å². The van der Waals surface area contributed by atoms with E-state index in [0.717, 1.165) is 18.2 Å². The van der Waals surface area contributed by atoms with Crippen LogP contribution in [0.25, 0.3) is 16.9 Å². The van der Waals surface area contributed by atoms with Gasteiger partial charge in [0.15, 0.2) is 0 Å². The summed E-state index contributed by atoms with van der Waals surface area (Å²) < 4.78 is 3.35. The number of hydrogen-bond acceptors (Lipinski definition) is 7. The summed E-state index contributed by atoms with van der Waals surface area (Å²) in [6, 6.07) is 4.13. The summed E-state index contributed by atoms with van der Waals surface area (Å²) in [5.74, 6) is 0.340. The van der Waals surface area contributed by atoms with Crippen molar-refractivity contribution in [2.24, 2.45) is 13.0 Å². The number of aryl methyl sites for hydroxylation is 2. The van der Waals surface area contributed by atoms with Crippen molar-refractivity contribution < 1.29 is 9.59 Å². The molecule has 11 heteroatoms. The Bertz CT molecular complexity index is 1470. The molecule has 0 aromatic carbocycles. The fourth-order valence-corrected chi connectivity index (χ4v) is 5.34. The van der Waals surface area contributed by atoms with Crippen LogP contribution >= 0.6 is 0 Å². The van der Waals surface area contributed by atoms with Gasteiger partial charge in [0, 0.05) is 25.8 Å². The Morgan fingerprint density at radius 2 is 2.00 bits per heavy atom. The van der Waals surface area contributed by atoms with Gasteiger partial charge in [0.25, 0.3) is 5.91 Å². The first kappa shape index (κ1) is 22.4. The Labute approximate surface area is 207 Å². The minimum absolute atomic E-state index is 0.0663. The van der Waals surface area contributed by atoms with Crippen LogP contribution in [0.2, 0.25) is 0 Å². The summed E-state index contributed by atoms with van der Waals surface area (Å²) in [5, 5.41) is 14.3. The summed E-state index contributed by atoms with van der Waals surface area (Å²) in [7, 11) is 1.84. The number of piperidine rings is 1. The van der Waals surface area contributed by atoms with E-state index in [-0.39, 0.29) is 11.8 Å². The van der Waals surface area contributed by atoms with Crippen molar-refractivity contribution in [3.63, 3.8) is 0 Å². The number of amides is 2. The molecule has 1 saturated heterocycles. The van der Waals surface area contributed by atoms with Crippen molar-refractivity contribution in [2.45, 2.75) is 32.2 Å². The number of pyridine rings is 1. The summed E-state index contributed by atoms with van der Waals surface area (Å²) >= 11 is 0. The van der Waals surface area contributed by atoms with Crippen LogP contribution in [-0.4, -0.2) is 65.2 Å². The average molecular weight is 486 g/mol. The highest BCUT2D eigenvalue weighted by Gasteiger charge is 2.38. The number of rotatable bonds is 6. The second kappa shape index (κ2) is 8.83. The van der Waals surface area contributed by atoms with Crippen LogP contribution in [0.5, 0.6) is 0 Å². The fraction of sp³-hybridized carbons (Fsp3) is 0.360. The monoisotopic (exact) mass is 485 g/mol. The van der Waals surface area contributed by atoms with Crippen LogP contribution in [0, 0.1) is 12.8 Å². The average Bonchev–Trinajstić information content (AvgIpc) is 3.65. The van der Waals surface area contributed by atoms with Crippen molar-refractivity contribution in [3.05, 3.63) is 54.4 Å². The minimum Gasteiger partial charge on any atom is -0.324 e. The van der Waals surface area contributed by atoms with Crippen LogP contribution in [0.1, 0.15) is 35.3 Å². The zero-order valence-electron chi connectivity index (χ0n) is 20.2. The highest BCUT2D eigenvalue weighted by Crippen LogP contribution is 2.37. The maximum Gasteiger partial charge on any atom is 0.259 e. The minimum atomic E-state index is -0.332. The van der Waals surface area contributed by atoms with E-state index >= 15 is 0 Å². The van der Waals surface area contributed by atoms with Crippen molar-refractivity contribution in [1.29, 1.82) is 0 Å². The van der Waals surface area contributed by atoms with Gasteiger partial charge in [-0.15, -0.1) is 0 Å². The van der Waals surface area contributed by atoms with E-state index in [1.807, 2.05) is 13.1 Å². The molecule has 0 radical (unpaired) electrons. The van der Waals surface area contributed by atoms with Gasteiger partial charge in [0.1, 0.15) is 5.69 Å². The molecule has 1 aliphatic carbocycles. The molecule has 4 aromatic heterocycles. The van der Waals surface area contributed by atoms with Gasteiger partial charge < -0.3 is 10.6 Å². The molecule has 6 rings (SSSR count). The van der Waals surface area contributed by atoms with Gasteiger partial charge in [-0.2, -0.15) is 10.2 Å². The lowest BCUT2D eigenvalue weighted by molar-refractivity contribution is -0.117. The topological polar surface area (TPSA) is 122 Å². The second-order valence-corrected chi connectivity index (χ2v) is 9.62. The highest BCUT2D eigenvalue weighted by molar-refractivity contribution is 6.09. The third-order valence-electron chi connectivity index (χ3n) is 7.22. The molecule has 1 aliphatic heterocycles. The third kappa shape index (κ3) is 4.11. The second-order valence-electron chi connectivity index (χ2n) is 9.62. The van der Waals surface area contributed by atoms with Crippen molar-refractivity contribution in [3.8, 4) is 11.4 Å². The van der Waals surface area contributed by atoms with E-state index in [4.69, 9.17) is 0 Å². The van der Waals surface area contributed by atoms with E-state index in [1.54, 1.807) is 47.0 Å². The fourth-order valence-electron chi connectivity index (χ4n) is 5.34. The number of nitrogens with one attached hydrogen (secondary N) is 2. The van der Waals surface area contributed by atoms with Gasteiger partial charge in [-0.25, -0.2) is 4.52 Å². The lowest BCUT2D eigenvalue weighted by atomic mass is 10.1. The first-order chi connectivity index (χ1) is 17.4. The van der Waals surface area contributed by atoms with Crippen LogP contribution in [0.4, 0.5) is 11.4 Å². The Morgan fingerprint density at radius 3 is 2.75 bits per heavy atom. The van der Waals surface area contributed by atoms with Crippen LogP contribution in [-0.2, 0) is 11.8 Å². The number of anilines is 2. The molecule has 1 saturated carbocycles. The summed E-state index contributed by atoms with van der Waals surface area (Å²) in [6.07, 6.45) is 11.9. The van der Waals surface area contributed by atoms with Gasteiger partial charge in [-0.05, 0) is 44.2 Å². The first-order valence-electron chi connectivity index (χ1n) is 12.1. The van der Waals surface area contributed by atoms with E-state index in [2.05, 4.69) is 35.7 Å². The number of aromatic nitrogens is 6. The molecule has 2 aliphatic rings. The van der Waals surface area contributed by atoms with Gasteiger partial charge in [-0.1, -0.05) is 0 Å². The standard InChI is InChI=1S/C25H27N9O2/c1-15-20(8-17(9-26-15)30-24(35)14-33-12-16-3-4-18(33)7-16)31-25(36)19-10-29-34-13-21(27-11-23(19)34)22-5-6-28-32(22)2/h5-6,8-11,13,16,18H,3-4,7,12,14H2,1-2H3,(H,30,35)(H,31,36)/t16-,18+/m0/s1. The van der Waals surface area contributed by atoms with E-state index < -0.39 is 0 Å². The number of fused-ring (bicyclic) bond motifs is 3. The van der Waals surface area contributed by atoms with Crippen molar-refractivity contribution in [1.82, 2.24) is 34.3 Å². The largest absolute Gasteiger partial charge is 0.324 e. The molecular formula is C25H27N9O2. The quantitative estimate of drug-likeness (QED) is 0.430. The molecule has 2 bridgehead atoms. The molecule has 0 spiro atoms. The SMILES string of the molecule is Cc1ncc(NC(=O)CN2C[C@H]3CC[C@@H]2C3)cc1NC(=O)c1cnn2cc(-c3ccnn3C)ncc12. The van der Waals surface area contributed by atoms with Crippen molar-refractivity contribution in [2.75, 3.05) is 23.7 Å². The number of hydrogen-bond donors (Lipinski definition) is 2. The third-order valence-corrected chi connectivity index (χ3v) is 7.22. The lowest BCUT2D eigenvalue weighted by Gasteiger charge is -2.25. The zero-order valence-corrected chi connectivity index (χ0v) is 20.2. The van der Waals surface area contributed by atoms with E-state index in [1.165, 1.54) is 25.5 Å². The summed E-state index contributed by atoms with van der Waals surface area (Å²) in [6.45, 7) is 3.19. The first-order valence-corrected chi connectivity index (χ1v) is 12.1. The predicted octanol–water partition coefficient (Wildman–Crippen LogP) is 2.51. The molecule has 0 unspecified atom stereocenters. The molecule has 184 valence electrons. The van der Waals surface area contributed by atoms with Crippen molar-refractivity contribution >= 4 is 28.7 Å². The highest BCUT2D eigenvalue weighted by atomic mass is 16.2. The lowest BCUT2D eigenvalue weighted by Crippen LogP contribution is -2.38. The summed E-state index contributed by atoms with van der Waals surface area (Å²) in [5.41, 5.74) is 4.22. The molecule has 2 N–H and O–H groups in total. The zero-order chi connectivity index (χ0) is 24.8. The normalized spacial score (nSPS) is 19.2. The number of carbonyl (C=O) groups is 2. The number of likely N-dealkylation sites (tertiary alicyclic amines) is 1. The molecule has 11 nitrogen and oxygen atoms in total. The van der Waals surface area contributed by atoms with Gasteiger partial charge >= 0.3 is 0 Å². The maximum absolute atomic E-state index is 13.1. The summed E-state index contributed by atoms with van der Waals surface area (Å²) in [4.78, 5) is 36.9. The van der Waals surface area contributed by atoms with Gasteiger partial charge in [0.05, 0.1) is 65.2 Å².